The predicted molar refractivity (Wildman–Crippen MR) is 110 cm³/mol. The predicted octanol–water partition coefficient (Wildman–Crippen LogP) is 4.69. The summed E-state index contributed by atoms with van der Waals surface area (Å²) in [6.07, 6.45) is 1.57. The number of methoxy groups -OCH3 is 1. The highest BCUT2D eigenvalue weighted by Crippen LogP contribution is 2.16. The van der Waals surface area contributed by atoms with Crippen LogP contribution in [-0.4, -0.2) is 19.2 Å². The van der Waals surface area contributed by atoms with Crippen molar-refractivity contribution in [1.82, 2.24) is 5.43 Å². The number of nitrogens with zero attached hydrogens (tertiary/aromatic N) is 1. The van der Waals surface area contributed by atoms with Gasteiger partial charge >= 0.3 is 0 Å². The summed E-state index contributed by atoms with van der Waals surface area (Å²) in [6, 6.07) is 21.7. The third-order valence-electron chi connectivity index (χ3n) is 3.91. The molecule has 0 saturated carbocycles. The smallest absolute Gasteiger partial charge is 0.271 e. The van der Waals surface area contributed by atoms with E-state index in [1.54, 1.807) is 37.6 Å². The Balaban J connectivity index is 1.51. The first-order chi connectivity index (χ1) is 13.6. The van der Waals surface area contributed by atoms with Gasteiger partial charge < -0.3 is 9.47 Å². The molecule has 0 spiro atoms. The van der Waals surface area contributed by atoms with Crippen molar-refractivity contribution in [3.8, 4) is 11.5 Å². The van der Waals surface area contributed by atoms with Crippen molar-refractivity contribution in [2.75, 3.05) is 7.11 Å². The fraction of sp³-hybridized carbons (Fsp3) is 0.0909. The largest absolute Gasteiger partial charge is 0.497 e. The molecule has 0 fully saturated rings. The maximum Gasteiger partial charge on any atom is 0.271 e. The van der Waals surface area contributed by atoms with E-state index in [-0.39, 0.29) is 5.91 Å². The highest BCUT2D eigenvalue weighted by Gasteiger charge is 2.04. The van der Waals surface area contributed by atoms with E-state index in [0.29, 0.717) is 22.9 Å². The molecular weight excluding hydrogens is 376 g/mol. The average Bonchev–Trinajstić information content (AvgIpc) is 2.73. The number of ether oxygens (including phenoxy) is 2. The van der Waals surface area contributed by atoms with Crippen LogP contribution in [0.5, 0.6) is 11.5 Å². The Morgan fingerprint density at radius 1 is 1.04 bits per heavy atom. The summed E-state index contributed by atoms with van der Waals surface area (Å²) in [7, 11) is 1.58. The van der Waals surface area contributed by atoms with E-state index in [1.165, 1.54) is 0 Å². The Hall–Kier alpha value is -3.31. The number of nitrogens with one attached hydrogen (secondary N) is 1. The molecule has 3 aromatic carbocycles. The molecule has 0 aliphatic rings. The summed E-state index contributed by atoms with van der Waals surface area (Å²) in [5.41, 5.74) is 4.84. The summed E-state index contributed by atoms with van der Waals surface area (Å²) < 4.78 is 10.8. The first kappa shape index (κ1) is 19.5. The summed E-state index contributed by atoms with van der Waals surface area (Å²) in [6.45, 7) is 0.436. The van der Waals surface area contributed by atoms with Gasteiger partial charge in [0.05, 0.1) is 13.3 Å². The zero-order valence-corrected chi connectivity index (χ0v) is 16.0. The zero-order valence-electron chi connectivity index (χ0n) is 15.3. The topological polar surface area (TPSA) is 59.9 Å². The fourth-order valence-corrected chi connectivity index (χ4v) is 2.63. The molecule has 0 unspecified atom stereocenters. The molecule has 0 atom stereocenters. The molecule has 0 radical (unpaired) electrons. The van der Waals surface area contributed by atoms with Crippen LogP contribution < -0.4 is 14.9 Å². The molecule has 28 heavy (non-hydrogen) atoms. The van der Waals surface area contributed by atoms with Crippen molar-refractivity contribution in [1.29, 1.82) is 0 Å². The van der Waals surface area contributed by atoms with Crippen molar-refractivity contribution in [2.24, 2.45) is 5.10 Å². The summed E-state index contributed by atoms with van der Waals surface area (Å²) in [4.78, 5) is 12.0. The van der Waals surface area contributed by atoms with Crippen LogP contribution in [-0.2, 0) is 6.61 Å². The second kappa shape index (κ2) is 9.58. The molecule has 6 heteroatoms. The average molecular weight is 395 g/mol. The van der Waals surface area contributed by atoms with Crippen LogP contribution in [0.3, 0.4) is 0 Å². The highest BCUT2D eigenvalue weighted by molar-refractivity contribution is 6.30. The number of carbonyl (C=O) groups excluding carboxylic acids is 1. The Kier molecular flexibility index (Phi) is 6.65. The van der Waals surface area contributed by atoms with Crippen molar-refractivity contribution >= 4 is 23.7 Å². The summed E-state index contributed by atoms with van der Waals surface area (Å²) in [5, 5.41) is 4.67. The molecule has 142 valence electrons. The second-order valence-corrected chi connectivity index (χ2v) is 6.35. The molecule has 3 rings (SSSR count). The quantitative estimate of drug-likeness (QED) is 0.467. The van der Waals surface area contributed by atoms with Crippen molar-refractivity contribution < 1.29 is 14.3 Å². The van der Waals surface area contributed by atoms with E-state index < -0.39 is 0 Å². The van der Waals surface area contributed by atoms with Crippen molar-refractivity contribution in [3.05, 3.63) is 94.5 Å². The number of hydrogen-bond acceptors (Lipinski definition) is 4. The number of halogens is 1. The van der Waals surface area contributed by atoms with Gasteiger partial charge in [0.2, 0.25) is 0 Å². The second-order valence-electron chi connectivity index (χ2n) is 5.92. The first-order valence-corrected chi connectivity index (χ1v) is 8.96. The van der Waals surface area contributed by atoms with E-state index in [9.17, 15) is 4.79 Å². The maximum atomic E-state index is 12.0. The minimum atomic E-state index is -0.291. The van der Waals surface area contributed by atoms with E-state index >= 15 is 0 Å². The summed E-state index contributed by atoms with van der Waals surface area (Å²) in [5.74, 6) is 1.14. The monoisotopic (exact) mass is 394 g/mol. The zero-order chi connectivity index (χ0) is 19.8. The van der Waals surface area contributed by atoms with Crippen molar-refractivity contribution in [3.63, 3.8) is 0 Å². The van der Waals surface area contributed by atoms with Crippen LogP contribution in [0.25, 0.3) is 0 Å². The molecule has 3 aromatic rings. The van der Waals surface area contributed by atoms with Gasteiger partial charge in [0, 0.05) is 10.6 Å². The molecule has 0 heterocycles. The van der Waals surface area contributed by atoms with Gasteiger partial charge in [-0.25, -0.2) is 5.43 Å². The molecule has 0 aromatic heterocycles. The molecule has 5 nitrogen and oxygen atoms in total. The number of hydrazone groups is 1. The van der Waals surface area contributed by atoms with Gasteiger partial charge in [0.15, 0.2) is 0 Å². The normalized spacial score (nSPS) is 10.6. The van der Waals surface area contributed by atoms with E-state index in [4.69, 9.17) is 21.1 Å². The van der Waals surface area contributed by atoms with Gasteiger partial charge in [-0.15, -0.1) is 0 Å². The lowest BCUT2D eigenvalue weighted by Crippen LogP contribution is -2.17. The number of amides is 1. The number of benzene rings is 3. The molecule has 0 saturated heterocycles. The van der Waals surface area contributed by atoms with E-state index in [0.717, 1.165) is 16.9 Å². The van der Waals surface area contributed by atoms with E-state index in [1.807, 2.05) is 48.5 Å². The van der Waals surface area contributed by atoms with Crippen LogP contribution in [0.4, 0.5) is 0 Å². The molecule has 1 amide bonds. The Morgan fingerprint density at radius 2 is 1.75 bits per heavy atom. The summed E-state index contributed by atoms with van der Waals surface area (Å²) >= 11 is 5.97. The maximum absolute atomic E-state index is 12.0. The van der Waals surface area contributed by atoms with Gasteiger partial charge in [-0.05, 0) is 71.8 Å². The van der Waals surface area contributed by atoms with Gasteiger partial charge in [0.25, 0.3) is 5.91 Å². The standard InChI is InChI=1S/C22H19ClN2O3/c1-27-20-11-7-18(8-12-20)22(26)25-24-14-16-5-9-21(10-6-16)28-15-17-3-2-4-19(23)13-17/h2-14H,15H2,1H3,(H,25,26)/b24-14-. The minimum absolute atomic E-state index is 0.291. The lowest BCUT2D eigenvalue weighted by atomic mass is 10.2. The Labute approximate surface area is 168 Å². The first-order valence-electron chi connectivity index (χ1n) is 8.59. The van der Waals surface area contributed by atoms with Crippen molar-refractivity contribution in [2.45, 2.75) is 6.61 Å². The number of carbonyl (C=O) groups is 1. The van der Waals surface area contributed by atoms with Gasteiger partial charge in [0.1, 0.15) is 18.1 Å². The number of rotatable bonds is 7. The van der Waals surface area contributed by atoms with Gasteiger partial charge in [-0.2, -0.15) is 5.10 Å². The Morgan fingerprint density at radius 3 is 2.43 bits per heavy atom. The highest BCUT2D eigenvalue weighted by atomic mass is 35.5. The molecule has 0 aliphatic heterocycles. The molecule has 0 aliphatic carbocycles. The minimum Gasteiger partial charge on any atom is -0.497 e. The van der Waals surface area contributed by atoms with Crippen LogP contribution in [0.1, 0.15) is 21.5 Å². The fourth-order valence-electron chi connectivity index (χ4n) is 2.42. The lowest BCUT2D eigenvalue weighted by Gasteiger charge is -2.07. The van der Waals surface area contributed by atoms with E-state index in [2.05, 4.69) is 10.5 Å². The van der Waals surface area contributed by atoms with Crippen LogP contribution >= 0.6 is 11.6 Å². The molecule has 0 bridgehead atoms. The van der Waals surface area contributed by atoms with Crippen LogP contribution in [0.15, 0.2) is 77.9 Å². The Bertz CT molecular complexity index is 954. The third-order valence-corrected chi connectivity index (χ3v) is 4.14. The molecule has 1 N–H and O–H groups in total. The van der Waals surface area contributed by atoms with Crippen LogP contribution in [0.2, 0.25) is 5.02 Å². The van der Waals surface area contributed by atoms with Crippen LogP contribution in [0, 0.1) is 0 Å². The molecular formula is C22H19ClN2O3. The lowest BCUT2D eigenvalue weighted by molar-refractivity contribution is 0.0955. The number of hydrogen-bond donors (Lipinski definition) is 1. The SMILES string of the molecule is COc1ccc(C(=O)N/N=C\c2ccc(OCc3cccc(Cl)c3)cc2)cc1. The van der Waals surface area contributed by atoms with Gasteiger partial charge in [-0.1, -0.05) is 23.7 Å². The van der Waals surface area contributed by atoms with Gasteiger partial charge in [-0.3, -0.25) is 4.79 Å². The third kappa shape index (κ3) is 5.59.